The highest BCUT2D eigenvalue weighted by atomic mass is 31.2. The lowest BCUT2D eigenvalue weighted by Gasteiger charge is -2.25. The Hall–Kier alpha value is -3.56. The molecule has 9 nitrogen and oxygen atoms in total. The number of esters is 1. The largest absolute Gasteiger partial charge is 0.514 e. The minimum atomic E-state index is -4.31. The van der Waals surface area contributed by atoms with E-state index in [9.17, 15) is 18.1 Å². The minimum Gasteiger partial charge on any atom is -0.468 e. The zero-order chi connectivity index (χ0) is 27.3. The summed E-state index contributed by atoms with van der Waals surface area (Å²) in [5.41, 5.74) is 0.358. The average molecular weight is 535 g/mol. The molecule has 0 aliphatic rings. The Labute approximate surface area is 214 Å². The Morgan fingerprint density at radius 1 is 1.00 bits per heavy atom. The lowest BCUT2D eigenvalue weighted by atomic mass is 9.94. The number of rotatable bonds is 10. The molecule has 0 fully saturated rings. The number of benzene rings is 2. The normalized spacial score (nSPS) is 14.3. The summed E-state index contributed by atoms with van der Waals surface area (Å²) in [5.74, 6) is -2.80. The standard InChI is InChI=1S/C25H29F2N4O5P/c1-15(21-19(26)13-10-14-20(21)27)22-16(2)23(29-25(28-22)31(4)5)36-37(33,30-17(3)24(32)34-6)35-18-11-8-7-9-12-18/h7-15,17H,1-6H3,(H,30,33)/t15?,17-,37?/m0/s1. The molecular weight excluding hydrogens is 505 g/mol. The molecule has 1 N–H and O–H groups in total. The fourth-order valence-electron chi connectivity index (χ4n) is 3.54. The first-order valence-corrected chi connectivity index (χ1v) is 12.9. The zero-order valence-corrected chi connectivity index (χ0v) is 22.3. The third-order valence-electron chi connectivity index (χ3n) is 5.45. The van der Waals surface area contributed by atoms with E-state index in [0.29, 0.717) is 0 Å². The molecule has 0 aliphatic heterocycles. The summed E-state index contributed by atoms with van der Waals surface area (Å²) >= 11 is 0. The number of halogens is 2. The van der Waals surface area contributed by atoms with Gasteiger partial charge in [-0.25, -0.2) is 18.3 Å². The second-order valence-corrected chi connectivity index (χ2v) is 10.1. The Kier molecular flexibility index (Phi) is 8.83. The average Bonchev–Trinajstić information content (AvgIpc) is 2.84. The van der Waals surface area contributed by atoms with Crippen LogP contribution in [0.3, 0.4) is 0 Å². The number of para-hydroxylation sites is 1. The molecule has 0 radical (unpaired) electrons. The number of aromatic nitrogens is 2. The van der Waals surface area contributed by atoms with Crippen molar-refractivity contribution in [1.29, 1.82) is 0 Å². The molecule has 0 aliphatic carbocycles. The van der Waals surface area contributed by atoms with Crippen molar-refractivity contribution in [3.05, 3.63) is 77.0 Å². The summed E-state index contributed by atoms with van der Waals surface area (Å²) in [6, 6.07) is 10.8. The minimum absolute atomic E-state index is 0.145. The maximum Gasteiger partial charge on any atom is 0.514 e. The molecule has 3 rings (SSSR count). The van der Waals surface area contributed by atoms with E-state index < -0.39 is 37.3 Å². The number of nitrogens with one attached hydrogen (secondary N) is 1. The van der Waals surface area contributed by atoms with Crippen molar-refractivity contribution >= 4 is 19.7 Å². The highest BCUT2D eigenvalue weighted by molar-refractivity contribution is 7.52. The van der Waals surface area contributed by atoms with Crippen molar-refractivity contribution in [1.82, 2.24) is 15.1 Å². The molecular formula is C25H29F2N4O5P. The highest BCUT2D eigenvalue weighted by Crippen LogP contribution is 2.47. The van der Waals surface area contributed by atoms with Crippen LogP contribution >= 0.6 is 7.75 Å². The van der Waals surface area contributed by atoms with Crippen LogP contribution in [0.1, 0.15) is 36.6 Å². The lowest BCUT2D eigenvalue weighted by Crippen LogP contribution is -2.35. The molecule has 12 heteroatoms. The molecule has 2 unspecified atom stereocenters. The van der Waals surface area contributed by atoms with Crippen LogP contribution < -0.4 is 19.0 Å². The van der Waals surface area contributed by atoms with Crippen molar-refractivity contribution in [2.24, 2.45) is 0 Å². The summed E-state index contributed by atoms with van der Waals surface area (Å²) in [6.07, 6.45) is 0. The van der Waals surface area contributed by atoms with E-state index in [1.165, 1.54) is 20.1 Å². The first-order chi connectivity index (χ1) is 17.5. The number of hydrogen-bond donors (Lipinski definition) is 1. The van der Waals surface area contributed by atoms with E-state index in [-0.39, 0.29) is 34.4 Å². The quantitative estimate of drug-likeness (QED) is 0.284. The molecule has 0 bridgehead atoms. The van der Waals surface area contributed by atoms with Crippen LogP contribution in [0.4, 0.5) is 14.7 Å². The fourth-order valence-corrected chi connectivity index (χ4v) is 5.07. The van der Waals surface area contributed by atoms with Gasteiger partial charge in [-0.15, -0.1) is 0 Å². The summed E-state index contributed by atoms with van der Waals surface area (Å²) in [4.78, 5) is 22.4. The number of methoxy groups -OCH3 is 1. The van der Waals surface area contributed by atoms with Gasteiger partial charge in [0, 0.05) is 31.1 Å². The second-order valence-electron chi connectivity index (χ2n) is 8.46. The number of hydrogen-bond acceptors (Lipinski definition) is 8. The Bertz CT molecular complexity index is 1290. The molecule has 37 heavy (non-hydrogen) atoms. The van der Waals surface area contributed by atoms with Crippen molar-refractivity contribution in [2.75, 3.05) is 26.1 Å². The third-order valence-corrected chi connectivity index (χ3v) is 7.02. The summed E-state index contributed by atoms with van der Waals surface area (Å²) in [7, 11) is 0.222. The van der Waals surface area contributed by atoms with Gasteiger partial charge in [-0.1, -0.05) is 31.2 Å². The van der Waals surface area contributed by atoms with E-state index in [0.717, 1.165) is 12.1 Å². The maximum atomic E-state index is 14.6. The molecule has 3 aromatic rings. The van der Waals surface area contributed by atoms with Gasteiger partial charge < -0.3 is 18.7 Å². The molecule has 0 saturated heterocycles. The Morgan fingerprint density at radius 2 is 1.62 bits per heavy atom. The van der Waals surface area contributed by atoms with Gasteiger partial charge in [0.25, 0.3) is 0 Å². The predicted molar refractivity (Wildman–Crippen MR) is 135 cm³/mol. The first-order valence-electron chi connectivity index (χ1n) is 11.4. The van der Waals surface area contributed by atoms with Gasteiger partial charge in [-0.2, -0.15) is 10.1 Å². The van der Waals surface area contributed by atoms with Crippen LogP contribution in [-0.2, 0) is 14.1 Å². The van der Waals surface area contributed by atoms with E-state index in [1.807, 2.05) is 0 Å². The van der Waals surface area contributed by atoms with Crippen molar-refractivity contribution in [3.63, 3.8) is 0 Å². The first kappa shape index (κ1) is 28.0. The van der Waals surface area contributed by atoms with Gasteiger partial charge in [-0.05, 0) is 38.1 Å². The second kappa shape index (κ2) is 11.7. The van der Waals surface area contributed by atoms with Gasteiger partial charge in [0.15, 0.2) is 0 Å². The lowest BCUT2D eigenvalue weighted by molar-refractivity contribution is -0.142. The van der Waals surface area contributed by atoms with Crippen LogP contribution in [0.15, 0.2) is 48.5 Å². The molecule has 3 atom stereocenters. The summed E-state index contributed by atoms with van der Waals surface area (Å²) in [6.45, 7) is 4.61. The molecule has 0 saturated carbocycles. The van der Waals surface area contributed by atoms with Crippen LogP contribution in [-0.4, -0.2) is 43.2 Å². The molecule has 0 amide bonds. The van der Waals surface area contributed by atoms with Crippen molar-refractivity contribution < 1.29 is 31.9 Å². The van der Waals surface area contributed by atoms with Gasteiger partial charge in [0.05, 0.1) is 12.8 Å². The zero-order valence-electron chi connectivity index (χ0n) is 21.4. The van der Waals surface area contributed by atoms with Crippen LogP contribution in [0.25, 0.3) is 0 Å². The smallest absolute Gasteiger partial charge is 0.468 e. The monoisotopic (exact) mass is 534 g/mol. The van der Waals surface area contributed by atoms with Crippen molar-refractivity contribution in [3.8, 4) is 11.6 Å². The summed E-state index contributed by atoms with van der Waals surface area (Å²) < 4.78 is 59.3. The van der Waals surface area contributed by atoms with Gasteiger partial charge >= 0.3 is 13.7 Å². The van der Waals surface area contributed by atoms with Crippen LogP contribution in [0.2, 0.25) is 0 Å². The predicted octanol–water partition coefficient (Wildman–Crippen LogP) is 5.00. The van der Waals surface area contributed by atoms with Crippen LogP contribution in [0, 0.1) is 18.6 Å². The topological polar surface area (TPSA) is 103 Å². The number of nitrogens with zero attached hydrogens (tertiary/aromatic N) is 3. The van der Waals surface area contributed by atoms with E-state index in [1.54, 1.807) is 63.2 Å². The van der Waals surface area contributed by atoms with E-state index in [4.69, 9.17) is 13.8 Å². The van der Waals surface area contributed by atoms with Gasteiger partial charge in [0.1, 0.15) is 23.4 Å². The summed E-state index contributed by atoms with van der Waals surface area (Å²) in [5, 5.41) is 2.56. The Morgan fingerprint density at radius 3 is 2.19 bits per heavy atom. The molecule has 2 aromatic carbocycles. The number of ether oxygens (including phenoxy) is 1. The van der Waals surface area contributed by atoms with Crippen LogP contribution in [0.5, 0.6) is 11.6 Å². The van der Waals surface area contributed by atoms with Crippen molar-refractivity contribution in [2.45, 2.75) is 32.7 Å². The van der Waals surface area contributed by atoms with Gasteiger partial charge in [0.2, 0.25) is 11.8 Å². The molecule has 0 spiro atoms. The third kappa shape index (κ3) is 6.61. The number of carbonyl (C=O) groups is 1. The molecule has 198 valence electrons. The highest BCUT2D eigenvalue weighted by Gasteiger charge is 2.36. The number of carbonyl (C=O) groups excluding carboxylic acids is 1. The van der Waals surface area contributed by atoms with Gasteiger partial charge in [-0.3, -0.25) is 4.79 Å². The Balaban J connectivity index is 2.11. The molecule has 1 heterocycles. The maximum absolute atomic E-state index is 14.6. The SMILES string of the molecule is COC(=O)[C@H](C)NP(=O)(Oc1ccccc1)Oc1nc(N(C)C)nc(C(C)c2c(F)cccc2F)c1C. The molecule has 1 aromatic heterocycles. The fraction of sp³-hybridized carbons (Fsp3) is 0.320. The number of anilines is 1. The van der Waals surface area contributed by atoms with E-state index >= 15 is 0 Å². The van der Waals surface area contributed by atoms with E-state index in [2.05, 4.69) is 15.1 Å².